The van der Waals surface area contributed by atoms with Gasteiger partial charge in [-0.1, -0.05) is 29.8 Å². The Morgan fingerprint density at radius 3 is 2.50 bits per heavy atom. The number of aromatic nitrogens is 1. The van der Waals surface area contributed by atoms with E-state index in [0.29, 0.717) is 11.5 Å². The van der Waals surface area contributed by atoms with Crippen molar-refractivity contribution in [2.75, 3.05) is 5.32 Å². The van der Waals surface area contributed by atoms with E-state index in [1.807, 2.05) is 80.6 Å². The first-order valence-corrected chi connectivity index (χ1v) is 8.45. The Bertz CT molecular complexity index is 1060. The monoisotopic (exact) mass is 342 g/mol. The van der Waals surface area contributed by atoms with Crippen molar-refractivity contribution in [3.8, 4) is 11.5 Å². The number of carbonyl (C=O) groups excluding carboxylic acids is 1. The van der Waals surface area contributed by atoms with Crippen LogP contribution in [-0.4, -0.2) is 10.9 Å². The van der Waals surface area contributed by atoms with Gasteiger partial charge in [-0.15, -0.1) is 0 Å². The molecule has 0 fully saturated rings. The standard InChI is InChI=1S/C22H18N2O2/c1-14-7-8-15(2)18(13-14)21(25)23-17-11-9-16(10-12-17)22-24-19-5-3-4-6-20(19)26-22/h3-13H,1-2H3,(H,23,25). The molecule has 4 rings (SSSR count). The fourth-order valence-corrected chi connectivity index (χ4v) is 2.87. The van der Waals surface area contributed by atoms with E-state index in [0.717, 1.165) is 33.5 Å². The predicted octanol–water partition coefficient (Wildman–Crippen LogP) is 5.36. The molecular formula is C22H18N2O2. The molecule has 4 aromatic rings. The van der Waals surface area contributed by atoms with Crippen LogP contribution in [0.2, 0.25) is 0 Å². The molecule has 1 N–H and O–H groups in total. The number of oxazole rings is 1. The van der Waals surface area contributed by atoms with Gasteiger partial charge >= 0.3 is 0 Å². The number of nitrogens with one attached hydrogen (secondary N) is 1. The highest BCUT2D eigenvalue weighted by atomic mass is 16.3. The van der Waals surface area contributed by atoms with Crippen molar-refractivity contribution in [2.45, 2.75) is 13.8 Å². The zero-order chi connectivity index (χ0) is 18.1. The van der Waals surface area contributed by atoms with E-state index in [1.165, 1.54) is 0 Å². The number of hydrogen-bond acceptors (Lipinski definition) is 3. The normalized spacial score (nSPS) is 10.8. The van der Waals surface area contributed by atoms with Crippen LogP contribution in [0.4, 0.5) is 5.69 Å². The minimum Gasteiger partial charge on any atom is -0.436 e. The Kier molecular flexibility index (Phi) is 4.01. The number of rotatable bonds is 3. The quantitative estimate of drug-likeness (QED) is 0.545. The first kappa shape index (κ1) is 16.1. The topological polar surface area (TPSA) is 55.1 Å². The SMILES string of the molecule is Cc1ccc(C)c(C(=O)Nc2ccc(-c3nc4ccccc4o3)cc2)c1. The minimum absolute atomic E-state index is 0.110. The van der Waals surface area contributed by atoms with E-state index in [4.69, 9.17) is 4.42 Å². The smallest absolute Gasteiger partial charge is 0.255 e. The highest BCUT2D eigenvalue weighted by Gasteiger charge is 2.11. The molecule has 0 bridgehead atoms. The number of para-hydroxylation sites is 2. The van der Waals surface area contributed by atoms with Crippen molar-refractivity contribution in [3.05, 3.63) is 83.4 Å². The average molecular weight is 342 g/mol. The van der Waals surface area contributed by atoms with Crippen LogP contribution in [0.15, 0.2) is 71.1 Å². The van der Waals surface area contributed by atoms with Crippen LogP contribution in [0.5, 0.6) is 0 Å². The fourth-order valence-electron chi connectivity index (χ4n) is 2.87. The molecule has 0 unspecified atom stereocenters. The number of fused-ring (bicyclic) bond motifs is 1. The Morgan fingerprint density at radius 1 is 0.962 bits per heavy atom. The van der Waals surface area contributed by atoms with Crippen LogP contribution in [0.3, 0.4) is 0 Å². The number of amides is 1. The lowest BCUT2D eigenvalue weighted by Gasteiger charge is -2.09. The van der Waals surface area contributed by atoms with Gasteiger partial charge in [0.1, 0.15) is 5.52 Å². The predicted molar refractivity (Wildman–Crippen MR) is 103 cm³/mol. The first-order chi connectivity index (χ1) is 12.6. The fraction of sp³-hybridized carbons (Fsp3) is 0.0909. The highest BCUT2D eigenvalue weighted by molar-refractivity contribution is 6.05. The summed E-state index contributed by atoms with van der Waals surface area (Å²) in [4.78, 5) is 17.0. The summed E-state index contributed by atoms with van der Waals surface area (Å²) in [6, 6.07) is 21.0. The highest BCUT2D eigenvalue weighted by Crippen LogP contribution is 2.25. The van der Waals surface area contributed by atoms with Crippen LogP contribution >= 0.6 is 0 Å². The minimum atomic E-state index is -0.110. The maximum Gasteiger partial charge on any atom is 0.255 e. The summed E-state index contributed by atoms with van der Waals surface area (Å²) in [6.07, 6.45) is 0. The number of aryl methyl sites for hydroxylation is 2. The molecule has 0 aliphatic heterocycles. The van der Waals surface area contributed by atoms with Gasteiger partial charge in [0, 0.05) is 16.8 Å². The molecule has 1 amide bonds. The molecule has 0 radical (unpaired) electrons. The van der Waals surface area contributed by atoms with E-state index in [9.17, 15) is 4.79 Å². The van der Waals surface area contributed by atoms with Crippen LogP contribution in [-0.2, 0) is 0 Å². The van der Waals surface area contributed by atoms with Gasteiger partial charge in [-0.05, 0) is 61.9 Å². The van der Waals surface area contributed by atoms with Crippen molar-refractivity contribution in [1.29, 1.82) is 0 Å². The summed E-state index contributed by atoms with van der Waals surface area (Å²) < 4.78 is 5.77. The number of carbonyl (C=O) groups is 1. The molecule has 0 spiro atoms. The molecule has 0 saturated carbocycles. The molecule has 3 aromatic carbocycles. The molecular weight excluding hydrogens is 324 g/mol. The van der Waals surface area contributed by atoms with Gasteiger partial charge in [0.05, 0.1) is 0 Å². The lowest BCUT2D eigenvalue weighted by atomic mass is 10.0. The van der Waals surface area contributed by atoms with Crippen LogP contribution < -0.4 is 5.32 Å². The molecule has 0 atom stereocenters. The molecule has 0 aliphatic rings. The molecule has 1 heterocycles. The zero-order valence-corrected chi connectivity index (χ0v) is 14.6. The number of benzene rings is 3. The average Bonchev–Trinajstić information content (AvgIpc) is 3.08. The van der Waals surface area contributed by atoms with E-state index in [1.54, 1.807) is 0 Å². The second-order valence-electron chi connectivity index (χ2n) is 6.34. The molecule has 4 heteroatoms. The molecule has 0 aliphatic carbocycles. The Labute approximate surface area is 151 Å². The van der Waals surface area contributed by atoms with E-state index in [2.05, 4.69) is 10.3 Å². The third kappa shape index (κ3) is 3.09. The third-order valence-corrected chi connectivity index (χ3v) is 4.32. The largest absolute Gasteiger partial charge is 0.436 e. The van der Waals surface area contributed by atoms with Gasteiger partial charge in [-0.2, -0.15) is 0 Å². The van der Waals surface area contributed by atoms with Gasteiger partial charge in [-0.3, -0.25) is 4.79 Å². The van der Waals surface area contributed by atoms with Crippen molar-refractivity contribution >= 4 is 22.7 Å². The zero-order valence-electron chi connectivity index (χ0n) is 14.6. The van der Waals surface area contributed by atoms with Gasteiger partial charge in [0.15, 0.2) is 5.58 Å². The lowest BCUT2D eigenvalue weighted by molar-refractivity contribution is 0.102. The molecule has 128 valence electrons. The second kappa shape index (κ2) is 6.48. The summed E-state index contributed by atoms with van der Waals surface area (Å²) in [5.41, 5.74) is 5.89. The molecule has 0 saturated heterocycles. The number of nitrogens with zero attached hydrogens (tertiary/aromatic N) is 1. The van der Waals surface area contributed by atoms with Crippen molar-refractivity contribution in [1.82, 2.24) is 4.98 Å². The summed E-state index contributed by atoms with van der Waals surface area (Å²) >= 11 is 0. The molecule has 26 heavy (non-hydrogen) atoms. The second-order valence-corrected chi connectivity index (χ2v) is 6.34. The molecule has 4 nitrogen and oxygen atoms in total. The lowest BCUT2D eigenvalue weighted by Crippen LogP contribution is -2.13. The summed E-state index contributed by atoms with van der Waals surface area (Å²) in [5.74, 6) is 0.458. The number of anilines is 1. The number of hydrogen-bond donors (Lipinski definition) is 1. The van der Waals surface area contributed by atoms with Crippen molar-refractivity contribution < 1.29 is 9.21 Å². The van der Waals surface area contributed by atoms with Gasteiger partial charge in [-0.25, -0.2) is 4.98 Å². The van der Waals surface area contributed by atoms with E-state index < -0.39 is 0 Å². The van der Waals surface area contributed by atoms with Gasteiger partial charge in [0.2, 0.25) is 5.89 Å². The maximum absolute atomic E-state index is 12.5. The van der Waals surface area contributed by atoms with Crippen LogP contribution in [0.1, 0.15) is 21.5 Å². The Morgan fingerprint density at radius 2 is 1.73 bits per heavy atom. The van der Waals surface area contributed by atoms with Crippen molar-refractivity contribution in [3.63, 3.8) is 0 Å². The van der Waals surface area contributed by atoms with Crippen LogP contribution in [0.25, 0.3) is 22.6 Å². The molecule has 1 aromatic heterocycles. The van der Waals surface area contributed by atoms with Gasteiger partial charge < -0.3 is 9.73 Å². The first-order valence-electron chi connectivity index (χ1n) is 8.45. The van der Waals surface area contributed by atoms with Gasteiger partial charge in [0.25, 0.3) is 5.91 Å². The Hall–Kier alpha value is -3.40. The summed E-state index contributed by atoms with van der Waals surface area (Å²) in [6.45, 7) is 3.91. The maximum atomic E-state index is 12.5. The third-order valence-electron chi connectivity index (χ3n) is 4.32. The Balaban J connectivity index is 1.56. The van der Waals surface area contributed by atoms with E-state index >= 15 is 0 Å². The summed E-state index contributed by atoms with van der Waals surface area (Å²) in [5, 5.41) is 2.94. The summed E-state index contributed by atoms with van der Waals surface area (Å²) in [7, 11) is 0. The van der Waals surface area contributed by atoms with Crippen molar-refractivity contribution in [2.24, 2.45) is 0 Å². The van der Waals surface area contributed by atoms with Crippen LogP contribution in [0, 0.1) is 13.8 Å². The van der Waals surface area contributed by atoms with E-state index in [-0.39, 0.29) is 5.91 Å².